The third kappa shape index (κ3) is 5.33. The molecule has 1 N–H and O–H groups in total. The van der Waals surface area contributed by atoms with Crippen LogP contribution in [0.3, 0.4) is 0 Å². The molecule has 2 aliphatic rings. The summed E-state index contributed by atoms with van der Waals surface area (Å²) in [5, 5.41) is 7.16. The van der Waals surface area contributed by atoms with Gasteiger partial charge in [0.05, 0.1) is 13.0 Å². The minimum atomic E-state index is -0.599. The molecule has 3 aromatic rings. The maximum Gasteiger partial charge on any atom is 0.254 e. The molecular weight excluding hydrogens is 477 g/mol. The molecule has 0 bridgehead atoms. The summed E-state index contributed by atoms with van der Waals surface area (Å²) in [6.07, 6.45) is 7.91. The van der Waals surface area contributed by atoms with Gasteiger partial charge in [-0.05, 0) is 56.0 Å². The first-order valence-corrected chi connectivity index (χ1v) is 12.7. The topological polar surface area (TPSA) is 110 Å². The zero-order chi connectivity index (χ0) is 25.8. The molecule has 1 saturated heterocycles. The van der Waals surface area contributed by atoms with Gasteiger partial charge in [-0.15, -0.1) is 0 Å². The number of amides is 2. The SMILES string of the molecule is COc1ccc(C(=O)N2CCCCCCNC(=O)[C@@H]3C[C@@H](c4nc(-c5cccnc5)no4)C[C@@H]32)cc1F. The van der Waals surface area contributed by atoms with Crippen molar-refractivity contribution in [2.24, 2.45) is 5.92 Å². The molecule has 37 heavy (non-hydrogen) atoms. The maximum absolute atomic E-state index is 14.5. The van der Waals surface area contributed by atoms with E-state index < -0.39 is 11.7 Å². The van der Waals surface area contributed by atoms with Crippen LogP contribution in [0.4, 0.5) is 4.39 Å². The Labute approximate surface area is 214 Å². The Kier molecular flexibility index (Phi) is 7.43. The number of nitrogens with zero attached hydrogens (tertiary/aromatic N) is 4. The number of nitrogens with one attached hydrogen (secondary N) is 1. The van der Waals surface area contributed by atoms with E-state index in [9.17, 15) is 14.0 Å². The summed E-state index contributed by atoms with van der Waals surface area (Å²) in [4.78, 5) is 37.4. The highest BCUT2D eigenvalue weighted by atomic mass is 19.1. The number of ether oxygens (including phenoxy) is 1. The minimum absolute atomic E-state index is 0.0768. The standard InChI is InChI=1S/C27H30FN5O4/c1-36-23-9-8-17(14-21(23)28)27(35)33-12-5-3-2-4-11-30-25(34)20-13-19(15-22(20)33)26-31-24(32-37-26)18-7-6-10-29-16-18/h6-10,14,16,19-20,22H,2-5,11-13,15H2,1H3,(H,30,34)/t19-,20-,22+/m1/s1. The van der Waals surface area contributed by atoms with E-state index in [1.165, 1.54) is 19.2 Å². The van der Waals surface area contributed by atoms with Gasteiger partial charge in [-0.2, -0.15) is 4.98 Å². The van der Waals surface area contributed by atoms with E-state index in [1.807, 2.05) is 6.07 Å². The molecule has 3 heterocycles. The third-order valence-corrected chi connectivity index (χ3v) is 7.26. The lowest BCUT2D eigenvalue weighted by Gasteiger charge is -2.32. The molecule has 1 aromatic carbocycles. The lowest BCUT2D eigenvalue weighted by molar-refractivity contribution is -0.126. The number of rotatable bonds is 4. The Morgan fingerprint density at radius 3 is 2.84 bits per heavy atom. The number of carbonyl (C=O) groups excluding carboxylic acids is 2. The maximum atomic E-state index is 14.5. The number of benzene rings is 1. The molecule has 0 spiro atoms. The normalized spacial score (nSPS) is 22.6. The largest absolute Gasteiger partial charge is 0.494 e. The highest BCUT2D eigenvalue weighted by Crippen LogP contribution is 2.42. The van der Waals surface area contributed by atoms with Crippen molar-refractivity contribution < 1.29 is 23.2 Å². The number of pyridine rings is 1. The molecule has 1 saturated carbocycles. The second-order valence-electron chi connectivity index (χ2n) is 9.59. The molecule has 0 radical (unpaired) electrons. The van der Waals surface area contributed by atoms with Crippen LogP contribution >= 0.6 is 0 Å². The van der Waals surface area contributed by atoms with Gasteiger partial charge in [0.15, 0.2) is 11.6 Å². The average molecular weight is 508 g/mol. The van der Waals surface area contributed by atoms with Crippen molar-refractivity contribution in [3.05, 3.63) is 60.0 Å². The van der Waals surface area contributed by atoms with Crippen molar-refractivity contribution in [3.8, 4) is 17.1 Å². The summed E-state index contributed by atoms with van der Waals surface area (Å²) in [5.41, 5.74) is 0.967. The van der Waals surface area contributed by atoms with E-state index in [0.717, 1.165) is 31.2 Å². The molecule has 9 nitrogen and oxygen atoms in total. The van der Waals surface area contributed by atoms with E-state index in [0.29, 0.717) is 37.6 Å². The monoisotopic (exact) mass is 507 g/mol. The Balaban J connectivity index is 1.45. The number of hydrogen-bond acceptors (Lipinski definition) is 7. The van der Waals surface area contributed by atoms with Gasteiger partial charge in [0.1, 0.15) is 0 Å². The number of carbonyl (C=O) groups is 2. The van der Waals surface area contributed by atoms with E-state index in [-0.39, 0.29) is 35.1 Å². The van der Waals surface area contributed by atoms with Crippen LogP contribution < -0.4 is 10.1 Å². The second-order valence-corrected chi connectivity index (χ2v) is 9.59. The van der Waals surface area contributed by atoms with E-state index >= 15 is 0 Å². The summed E-state index contributed by atoms with van der Waals surface area (Å²) in [5.74, 6) is -0.663. The zero-order valence-electron chi connectivity index (χ0n) is 20.7. The van der Waals surface area contributed by atoms with Crippen LogP contribution in [-0.2, 0) is 4.79 Å². The molecule has 5 rings (SSSR count). The molecule has 10 heteroatoms. The van der Waals surface area contributed by atoms with Gasteiger partial charge in [0, 0.05) is 48.6 Å². The molecule has 194 valence electrons. The molecule has 2 fully saturated rings. The van der Waals surface area contributed by atoms with E-state index in [4.69, 9.17) is 9.26 Å². The fraction of sp³-hybridized carbons (Fsp3) is 0.444. The number of fused-ring (bicyclic) bond motifs is 1. The first-order valence-electron chi connectivity index (χ1n) is 12.7. The Morgan fingerprint density at radius 2 is 2.05 bits per heavy atom. The van der Waals surface area contributed by atoms with Crippen LogP contribution in [0.5, 0.6) is 5.75 Å². The van der Waals surface area contributed by atoms with Crippen LogP contribution in [-0.4, -0.2) is 58.1 Å². The zero-order valence-corrected chi connectivity index (χ0v) is 20.7. The molecule has 0 unspecified atom stereocenters. The second kappa shape index (κ2) is 11.1. The number of halogens is 1. The molecular formula is C27H30FN5O4. The van der Waals surface area contributed by atoms with Crippen molar-refractivity contribution in [3.63, 3.8) is 0 Å². The smallest absolute Gasteiger partial charge is 0.254 e. The van der Waals surface area contributed by atoms with E-state index in [1.54, 1.807) is 29.4 Å². The average Bonchev–Trinajstić information content (AvgIpc) is 3.58. The van der Waals surface area contributed by atoms with Crippen molar-refractivity contribution in [2.75, 3.05) is 20.2 Å². The summed E-state index contributed by atoms with van der Waals surface area (Å²) in [6, 6.07) is 7.49. The summed E-state index contributed by atoms with van der Waals surface area (Å²) in [6.45, 7) is 1.09. The lowest BCUT2D eigenvalue weighted by Crippen LogP contribution is -2.47. The number of methoxy groups -OCH3 is 1. The van der Waals surface area contributed by atoms with Crippen LogP contribution in [0.25, 0.3) is 11.4 Å². The summed E-state index contributed by atoms with van der Waals surface area (Å²) in [7, 11) is 1.38. The predicted octanol–water partition coefficient (Wildman–Crippen LogP) is 3.97. The number of aromatic nitrogens is 3. The molecule has 2 aromatic heterocycles. The van der Waals surface area contributed by atoms with Gasteiger partial charge in [0.2, 0.25) is 17.6 Å². The van der Waals surface area contributed by atoms with Crippen molar-refractivity contribution in [2.45, 2.75) is 50.5 Å². The lowest BCUT2D eigenvalue weighted by atomic mass is 9.99. The molecule has 1 aliphatic carbocycles. The molecule has 3 atom stereocenters. The predicted molar refractivity (Wildman–Crippen MR) is 132 cm³/mol. The Morgan fingerprint density at radius 1 is 1.19 bits per heavy atom. The van der Waals surface area contributed by atoms with Gasteiger partial charge < -0.3 is 19.5 Å². The Bertz CT molecular complexity index is 1250. The first-order chi connectivity index (χ1) is 18.0. The van der Waals surface area contributed by atoms with Crippen LogP contribution in [0, 0.1) is 11.7 Å². The first kappa shape index (κ1) is 24.9. The van der Waals surface area contributed by atoms with Gasteiger partial charge in [-0.3, -0.25) is 14.6 Å². The quantitative estimate of drug-likeness (QED) is 0.569. The van der Waals surface area contributed by atoms with Gasteiger partial charge in [-0.25, -0.2) is 4.39 Å². The fourth-order valence-corrected chi connectivity index (χ4v) is 5.34. The van der Waals surface area contributed by atoms with Crippen LogP contribution in [0.1, 0.15) is 60.7 Å². The highest BCUT2D eigenvalue weighted by Gasteiger charge is 2.45. The van der Waals surface area contributed by atoms with Gasteiger partial charge in [0.25, 0.3) is 5.91 Å². The Hall–Kier alpha value is -3.82. The van der Waals surface area contributed by atoms with Crippen LogP contribution in [0.15, 0.2) is 47.2 Å². The molecule has 2 amide bonds. The minimum Gasteiger partial charge on any atom is -0.494 e. The fourth-order valence-electron chi connectivity index (χ4n) is 5.34. The van der Waals surface area contributed by atoms with Crippen molar-refractivity contribution in [1.82, 2.24) is 25.3 Å². The molecule has 1 aliphatic heterocycles. The third-order valence-electron chi connectivity index (χ3n) is 7.26. The highest BCUT2D eigenvalue weighted by molar-refractivity contribution is 5.95. The van der Waals surface area contributed by atoms with E-state index in [2.05, 4.69) is 20.4 Å². The van der Waals surface area contributed by atoms with Crippen molar-refractivity contribution in [1.29, 1.82) is 0 Å². The summed E-state index contributed by atoms with van der Waals surface area (Å²) < 4.78 is 25.1. The van der Waals surface area contributed by atoms with Gasteiger partial charge >= 0.3 is 0 Å². The number of hydrogen-bond donors (Lipinski definition) is 1. The van der Waals surface area contributed by atoms with Crippen molar-refractivity contribution >= 4 is 11.8 Å². The van der Waals surface area contributed by atoms with Gasteiger partial charge in [-0.1, -0.05) is 18.0 Å². The van der Waals surface area contributed by atoms with Crippen LogP contribution in [0.2, 0.25) is 0 Å². The summed E-state index contributed by atoms with van der Waals surface area (Å²) >= 11 is 0.